The number of nitrogens with zero attached hydrogens (tertiary/aromatic N) is 2. The van der Waals surface area contributed by atoms with Crippen molar-refractivity contribution in [2.75, 3.05) is 6.54 Å². The van der Waals surface area contributed by atoms with Gasteiger partial charge in [-0.05, 0) is 11.1 Å². The van der Waals surface area contributed by atoms with Crippen LogP contribution in [0.3, 0.4) is 0 Å². The molecule has 1 aliphatic rings. The Kier molecular flexibility index (Phi) is 9.19. The van der Waals surface area contributed by atoms with E-state index in [0.717, 1.165) is 11.1 Å². The lowest BCUT2D eigenvalue weighted by atomic mass is 10.00. The molecular weight excluding hydrogens is 512 g/mol. The molecule has 0 saturated carbocycles. The van der Waals surface area contributed by atoms with E-state index in [1.54, 1.807) is 25.3 Å². The summed E-state index contributed by atoms with van der Waals surface area (Å²) in [5, 5.41) is 14.5. The van der Waals surface area contributed by atoms with E-state index in [4.69, 9.17) is 0 Å². The summed E-state index contributed by atoms with van der Waals surface area (Å²) in [6.45, 7) is 0.411. The van der Waals surface area contributed by atoms with Gasteiger partial charge >= 0.3 is 0 Å². The molecule has 4 N–H and O–H groups in total. The number of carbonyl (C=O) groups excluding carboxylic acids is 5. The zero-order valence-electron chi connectivity index (χ0n) is 21.9. The highest BCUT2D eigenvalue weighted by Crippen LogP contribution is 2.13. The van der Waals surface area contributed by atoms with Crippen LogP contribution in [0.4, 0.5) is 0 Å². The number of amides is 4. The van der Waals surface area contributed by atoms with Gasteiger partial charge in [0.25, 0.3) is 11.8 Å². The van der Waals surface area contributed by atoms with Crippen molar-refractivity contribution >= 4 is 29.4 Å². The number of Topliss-reactive ketones (excluding diaryl/α,β-unsaturated/α-hetero) is 1. The summed E-state index contributed by atoms with van der Waals surface area (Å²) in [4.78, 5) is 64.7. The molecule has 1 aromatic heterocycles. The molecule has 11 heteroatoms. The number of rotatable bonds is 12. The van der Waals surface area contributed by atoms with E-state index >= 15 is 0 Å². The van der Waals surface area contributed by atoms with Crippen LogP contribution in [-0.4, -0.2) is 57.8 Å². The third-order valence-electron chi connectivity index (χ3n) is 6.35. The average molecular weight is 543 g/mol. The minimum atomic E-state index is -1.33. The highest BCUT2D eigenvalue weighted by molar-refractivity contribution is 6.38. The molecule has 4 rings (SSSR count). The SMILES string of the molecule is Cn1cc(C(=O)N[C@@H](Cc2ccccc2)C(=O)N[C@@H](CC2=CCNC2=O)C(=O)C(=O)NCc2ccccc2)cn1. The summed E-state index contributed by atoms with van der Waals surface area (Å²) in [6.07, 6.45) is 4.46. The molecule has 0 aliphatic carbocycles. The third kappa shape index (κ3) is 7.50. The van der Waals surface area contributed by atoms with Crippen LogP contribution < -0.4 is 21.3 Å². The fraction of sp³-hybridized carbons (Fsp3) is 0.241. The summed E-state index contributed by atoms with van der Waals surface area (Å²) in [6, 6.07) is 15.7. The summed E-state index contributed by atoms with van der Waals surface area (Å²) >= 11 is 0. The van der Waals surface area contributed by atoms with Gasteiger partial charge in [-0.2, -0.15) is 5.10 Å². The van der Waals surface area contributed by atoms with Crippen molar-refractivity contribution in [1.82, 2.24) is 31.0 Å². The van der Waals surface area contributed by atoms with E-state index in [9.17, 15) is 24.0 Å². The predicted molar refractivity (Wildman–Crippen MR) is 146 cm³/mol. The molecule has 2 heterocycles. The quantitative estimate of drug-likeness (QED) is 0.246. The Hall–Kier alpha value is -5.06. The Labute approximate surface area is 231 Å². The first-order valence-electron chi connectivity index (χ1n) is 12.8. The van der Waals surface area contributed by atoms with Gasteiger partial charge in [0.15, 0.2) is 0 Å². The van der Waals surface area contributed by atoms with Gasteiger partial charge in [0.2, 0.25) is 17.6 Å². The van der Waals surface area contributed by atoms with Crippen LogP contribution in [0.5, 0.6) is 0 Å². The molecule has 0 radical (unpaired) electrons. The number of ketones is 1. The maximum absolute atomic E-state index is 13.5. The second kappa shape index (κ2) is 13.1. The van der Waals surface area contributed by atoms with Crippen LogP contribution >= 0.6 is 0 Å². The monoisotopic (exact) mass is 542 g/mol. The van der Waals surface area contributed by atoms with Crippen LogP contribution in [0.2, 0.25) is 0 Å². The van der Waals surface area contributed by atoms with E-state index in [-0.39, 0.29) is 36.4 Å². The van der Waals surface area contributed by atoms with Crippen LogP contribution in [0.1, 0.15) is 27.9 Å². The zero-order chi connectivity index (χ0) is 28.5. The minimum absolute atomic E-state index is 0.118. The number of hydrogen-bond donors (Lipinski definition) is 4. The van der Waals surface area contributed by atoms with Gasteiger partial charge in [0.1, 0.15) is 12.1 Å². The molecule has 2 aromatic carbocycles. The Bertz CT molecular complexity index is 1420. The second-order valence-electron chi connectivity index (χ2n) is 9.36. The van der Waals surface area contributed by atoms with E-state index in [1.807, 2.05) is 48.5 Å². The smallest absolute Gasteiger partial charge is 0.289 e. The molecule has 40 heavy (non-hydrogen) atoms. The maximum Gasteiger partial charge on any atom is 0.289 e. The van der Waals surface area contributed by atoms with Crippen LogP contribution in [0.15, 0.2) is 84.7 Å². The van der Waals surface area contributed by atoms with Crippen LogP contribution in [0, 0.1) is 0 Å². The first-order chi connectivity index (χ1) is 19.3. The van der Waals surface area contributed by atoms with Crippen molar-refractivity contribution in [3.05, 3.63) is 101 Å². The van der Waals surface area contributed by atoms with E-state index < -0.39 is 35.6 Å². The van der Waals surface area contributed by atoms with Crippen molar-refractivity contribution in [3.8, 4) is 0 Å². The van der Waals surface area contributed by atoms with E-state index in [0.29, 0.717) is 6.54 Å². The van der Waals surface area contributed by atoms with Crippen molar-refractivity contribution < 1.29 is 24.0 Å². The Morgan fingerprint density at radius 2 is 1.60 bits per heavy atom. The molecule has 206 valence electrons. The summed E-state index contributed by atoms with van der Waals surface area (Å²) < 4.78 is 1.46. The number of aryl methyl sites for hydroxylation is 1. The third-order valence-corrected chi connectivity index (χ3v) is 6.35. The Balaban J connectivity index is 1.52. The molecule has 3 aromatic rings. The minimum Gasteiger partial charge on any atom is -0.349 e. The molecule has 2 atom stereocenters. The van der Waals surface area contributed by atoms with E-state index in [2.05, 4.69) is 26.4 Å². The van der Waals surface area contributed by atoms with Gasteiger partial charge < -0.3 is 21.3 Å². The molecule has 4 amide bonds. The van der Waals surface area contributed by atoms with Gasteiger partial charge in [-0.3, -0.25) is 28.7 Å². The molecule has 0 spiro atoms. The van der Waals surface area contributed by atoms with Gasteiger partial charge in [0.05, 0.1) is 11.8 Å². The van der Waals surface area contributed by atoms with E-state index in [1.165, 1.54) is 17.1 Å². The molecular formula is C29H30N6O5. The molecule has 11 nitrogen and oxygen atoms in total. The molecule has 0 unspecified atom stereocenters. The number of benzene rings is 2. The lowest BCUT2D eigenvalue weighted by Crippen LogP contribution is -2.54. The number of nitrogens with one attached hydrogen (secondary N) is 4. The number of aromatic nitrogens is 2. The van der Waals surface area contributed by atoms with Crippen molar-refractivity contribution in [2.45, 2.75) is 31.5 Å². The lowest BCUT2D eigenvalue weighted by Gasteiger charge is -2.23. The fourth-order valence-corrected chi connectivity index (χ4v) is 4.21. The Morgan fingerprint density at radius 3 is 2.20 bits per heavy atom. The zero-order valence-corrected chi connectivity index (χ0v) is 21.9. The largest absolute Gasteiger partial charge is 0.349 e. The van der Waals surface area contributed by atoms with Crippen LogP contribution in [-0.2, 0) is 39.2 Å². The summed E-state index contributed by atoms with van der Waals surface area (Å²) in [5.74, 6) is -3.36. The van der Waals surface area contributed by atoms with Crippen molar-refractivity contribution in [1.29, 1.82) is 0 Å². The van der Waals surface area contributed by atoms with Gasteiger partial charge in [-0.25, -0.2) is 0 Å². The molecule has 1 aliphatic heterocycles. The van der Waals surface area contributed by atoms with Crippen LogP contribution in [0.25, 0.3) is 0 Å². The molecule has 0 saturated heterocycles. The summed E-state index contributed by atoms with van der Waals surface area (Å²) in [5.41, 5.74) is 2.11. The van der Waals surface area contributed by atoms with Gasteiger partial charge in [0, 0.05) is 44.7 Å². The first-order valence-corrected chi connectivity index (χ1v) is 12.8. The predicted octanol–water partition coefficient (Wildman–Crippen LogP) is 0.578. The molecule has 0 fully saturated rings. The maximum atomic E-state index is 13.5. The number of carbonyl (C=O) groups is 5. The van der Waals surface area contributed by atoms with Gasteiger partial charge in [-0.15, -0.1) is 0 Å². The van der Waals surface area contributed by atoms with Crippen molar-refractivity contribution in [2.24, 2.45) is 7.05 Å². The first kappa shape index (κ1) is 28.0. The summed E-state index contributed by atoms with van der Waals surface area (Å²) in [7, 11) is 1.66. The lowest BCUT2D eigenvalue weighted by molar-refractivity contribution is -0.140. The highest BCUT2D eigenvalue weighted by Gasteiger charge is 2.33. The number of hydrogen-bond acceptors (Lipinski definition) is 6. The fourth-order valence-electron chi connectivity index (χ4n) is 4.21. The Morgan fingerprint density at radius 1 is 0.925 bits per heavy atom. The average Bonchev–Trinajstić information content (AvgIpc) is 3.59. The normalized spacial score (nSPS) is 13.9. The standard InChI is InChI=1S/C29H30N6O5/c1-35-18-22(17-32-35)27(38)34-24(14-19-8-4-2-5-9-19)28(39)33-23(15-21-12-13-30-26(21)37)25(36)29(40)31-16-20-10-6-3-7-11-20/h2-12,17-18,23-24H,13-16H2,1H3,(H,30,37)(H,31,40)(H,33,39)(H,34,38)/t23-,24-/m0/s1. The van der Waals surface area contributed by atoms with Crippen molar-refractivity contribution in [3.63, 3.8) is 0 Å². The highest BCUT2D eigenvalue weighted by atomic mass is 16.2. The van der Waals surface area contributed by atoms with Gasteiger partial charge in [-0.1, -0.05) is 66.7 Å². The second-order valence-corrected chi connectivity index (χ2v) is 9.36. The topological polar surface area (TPSA) is 151 Å². The molecule has 0 bridgehead atoms.